The van der Waals surface area contributed by atoms with Gasteiger partial charge in [-0.3, -0.25) is 0 Å². The standard InChI is InChI=1S/C6H5NO5S.ClH/c8-6(9)5-1-3-7(4-2-5)13(10,11)12;/h1-4H,(H-,8,9,10,11,12);1H. The Hall–Kier alpha value is -1.18. The van der Waals surface area contributed by atoms with Gasteiger partial charge in [0.05, 0.1) is 5.56 Å². The molecule has 1 heterocycles. The second kappa shape index (κ2) is 4.36. The molecule has 0 bridgehead atoms. The van der Waals surface area contributed by atoms with Crippen LogP contribution >= 0.6 is 0 Å². The van der Waals surface area contributed by atoms with Crippen LogP contribution in [0.1, 0.15) is 10.4 Å². The number of halogens is 1. The summed E-state index contributed by atoms with van der Waals surface area (Å²) >= 11 is 0. The van der Waals surface area contributed by atoms with Gasteiger partial charge >= 0.3 is 16.3 Å². The number of hydrogen-bond acceptors (Lipinski definition) is 3. The van der Waals surface area contributed by atoms with Gasteiger partial charge in [0.15, 0.2) is 12.4 Å². The number of carboxylic acid groups (broad SMARTS) is 1. The van der Waals surface area contributed by atoms with Crippen molar-refractivity contribution in [1.29, 1.82) is 0 Å². The molecule has 2 N–H and O–H groups in total. The maximum absolute atomic E-state index is 10.5. The van der Waals surface area contributed by atoms with Crippen molar-refractivity contribution >= 4 is 16.3 Å². The van der Waals surface area contributed by atoms with Gasteiger partial charge in [0.1, 0.15) is 0 Å². The van der Waals surface area contributed by atoms with E-state index >= 15 is 0 Å². The molecule has 0 unspecified atom stereocenters. The topological polar surface area (TPSA) is 95.5 Å². The molecule has 0 aliphatic carbocycles. The average Bonchev–Trinajstić information content (AvgIpc) is 2.03. The lowest BCUT2D eigenvalue weighted by Gasteiger charge is -1.91. The van der Waals surface area contributed by atoms with Crippen molar-refractivity contribution in [2.24, 2.45) is 0 Å². The van der Waals surface area contributed by atoms with E-state index in [1.807, 2.05) is 0 Å². The number of aromatic nitrogens is 1. The molecular weight excluding hydrogens is 234 g/mol. The smallest absolute Gasteiger partial charge is 0.511 e. The molecule has 78 valence electrons. The largest absolute Gasteiger partial charge is 1.00 e. The lowest BCUT2D eigenvalue weighted by molar-refractivity contribution is -0.519. The molecule has 0 aliphatic heterocycles. The fraction of sp³-hybridized carbons (Fsp3) is 0. The molecule has 6 nitrogen and oxygen atoms in total. The van der Waals surface area contributed by atoms with Gasteiger partial charge in [0.2, 0.25) is 0 Å². The molecule has 0 atom stereocenters. The molecular formula is C6H6ClNO5S. The monoisotopic (exact) mass is 239 g/mol. The Kier molecular flexibility index (Phi) is 3.99. The van der Waals surface area contributed by atoms with Crippen molar-refractivity contribution in [1.82, 2.24) is 0 Å². The normalized spacial score (nSPS) is 10.4. The van der Waals surface area contributed by atoms with E-state index in [9.17, 15) is 13.2 Å². The summed E-state index contributed by atoms with van der Waals surface area (Å²) in [5.74, 6) is -1.16. The molecule has 1 aromatic heterocycles. The summed E-state index contributed by atoms with van der Waals surface area (Å²) in [6, 6.07) is 2.13. The predicted molar refractivity (Wildman–Crippen MR) is 40.5 cm³/mol. The minimum absolute atomic E-state index is 0. The number of pyridine rings is 1. The number of carbonyl (C=O) groups is 1. The Morgan fingerprint density at radius 2 is 1.71 bits per heavy atom. The summed E-state index contributed by atoms with van der Waals surface area (Å²) in [5, 5.41) is 8.46. The van der Waals surface area contributed by atoms with Crippen molar-refractivity contribution < 1.29 is 39.3 Å². The summed E-state index contributed by atoms with van der Waals surface area (Å²) in [5.41, 5.74) is -0.0556. The molecule has 8 heteroatoms. The molecule has 1 aromatic rings. The lowest BCUT2D eigenvalue weighted by Crippen LogP contribution is -3.00. The average molecular weight is 240 g/mol. The molecule has 0 spiro atoms. The van der Waals surface area contributed by atoms with Crippen LogP contribution in [-0.4, -0.2) is 24.0 Å². The van der Waals surface area contributed by atoms with E-state index < -0.39 is 16.3 Å². The summed E-state index contributed by atoms with van der Waals surface area (Å²) in [6.07, 6.45) is 1.89. The third-order valence-corrected chi connectivity index (χ3v) is 2.09. The Bertz CT molecular complexity index is 426. The maximum atomic E-state index is 10.5. The molecule has 0 aromatic carbocycles. The Labute approximate surface area is 86.1 Å². The van der Waals surface area contributed by atoms with Crippen molar-refractivity contribution in [3.63, 3.8) is 0 Å². The zero-order valence-corrected chi connectivity index (χ0v) is 8.23. The van der Waals surface area contributed by atoms with Gasteiger partial charge in [-0.15, -0.1) is 8.42 Å². The van der Waals surface area contributed by atoms with Gasteiger partial charge in [-0.25, -0.2) is 9.35 Å². The van der Waals surface area contributed by atoms with Crippen molar-refractivity contribution in [3.05, 3.63) is 30.1 Å². The molecule has 0 aliphatic rings. The molecule has 14 heavy (non-hydrogen) atoms. The Morgan fingerprint density at radius 1 is 1.29 bits per heavy atom. The zero-order chi connectivity index (χ0) is 10.1. The van der Waals surface area contributed by atoms with Crippen molar-refractivity contribution in [2.45, 2.75) is 0 Å². The fourth-order valence-electron chi connectivity index (χ4n) is 0.709. The second-order valence-corrected chi connectivity index (χ2v) is 3.52. The third-order valence-electron chi connectivity index (χ3n) is 1.32. The molecule has 0 radical (unpaired) electrons. The van der Waals surface area contributed by atoms with Crippen molar-refractivity contribution in [2.75, 3.05) is 0 Å². The van der Waals surface area contributed by atoms with Crippen LogP contribution in [0, 0.1) is 0 Å². The number of nitrogens with zero attached hydrogens (tertiary/aromatic N) is 1. The maximum Gasteiger partial charge on any atom is 0.511 e. The van der Waals surface area contributed by atoms with Crippen LogP contribution in [0.2, 0.25) is 0 Å². The van der Waals surface area contributed by atoms with E-state index in [0.717, 1.165) is 24.5 Å². The predicted octanol–water partition coefficient (Wildman–Crippen LogP) is -3.67. The molecule has 0 saturated carbocycles. The SMILES string of the molecule is O=C(O)c1cc[n+](S(=O)(=O)O)cc1.[Cl-]. The van der Waals surface area contributed by atoms with Crippen LogP contribution < -0.4 is 16.4 Å². The molecule has 0 amide bonds. The minimum atomic E-state index is -4.32. The number of hydrogen-bond donors (Lipinski definition) is 2. The first-order valence-corrected chi connectivity index (χ1v) is 4.53. The molecule has 0 fully saturated rings. The summed E-state index contributed by atoms with van der Waals surface area (Å²) < 4.78 is 30.0. The van der Waals surface area contributed by atoms with E-state index in [0.29, 0.717) is 3.97 Å². The van der Waals surface area contributed by atoms with Gasteiger partial charge < -0.3 is 17.5 Å². The van der Waals surface area contributed by atoms with E-state index in [2.05, 4.69) is 0 Å². The van der Waals surface area contributed by atoms with E-state index in [1.54, 1.807) is 0 Å². The molecule has 1 rings (SSSR count). The van der Waals surface area contributed by atoms with E-state index in [4.69, 9.17) is 9.66 Å². The van der Waals surface area contributed by atoms with Crippen LogP contribution in [-0.2, 0) is 10.3 Å². The molecule has 0 saturated heterocycles. The third kappa shape index (κ3) is 2.95. The number of carboxylic acids is 1. The van der Waals surface area contributed by atoms with Crippen molar-refractivity contribution in [3.8, 4) is 0 Å². The van der Waals surface area contributed by atoms with Crippen LogP contribution in [0.4, 0.5) is 0 Å². The summed E-state index contributed by atoms with van der Waals surface area (Å²) in [7, 11) is -4.32. The van der Waals surface area contributed by atoms with Gasteiger partial charge in [-0.05, 0) is 0 Å². The zero-order valence-electron chi connectivity index (χ0n) is 6.66. The first kappa shape index (κ1) is 12.8. The highest BCUT2D eigenvalue weighted by Crippen LogP contribution is 1.94. The van der Waals surface area contributed by atoms with Gasteiger partial charge in [-0.2, -0.15) is 0 Å². The first-order chi connectivity index (χ1) is 5.91. The van der Waals surface area contributed by atoms with Crippen LogP contribution in [0.5, 0.6) is 0 Å². The highest BCUT2D eigenvalue weighted by atomic mass is 35.5. The van der Waals surface area contributed by atoms with Gasteiger partial charge in [0, 0.05) is 12.1 Å². The highest BCUT2D eigenvalue weighted by molar-refractivity contribution is 7.79. The summed E-state index contributed by atoms with van der Waals surface area (Å²) in [4.78, 5) is 10.3. The van der Waals surface area contributed by atoms with Crippen LogP contribution in [0.25, 0.3) is 0 Å². The van der Waals surface area contributed by atoms with E-state index in [-0.39, 0.29) is 18.0 Å². The number of rotatable bonds is 2. The highest BCUT2D eigenvalue weighted by Gasteiger charge is 2.17. The van der Waals surface area contributed by atoms with Gasteiger partial charge in [0.25, 0.3) is 0 Å². The Morgan fingerprint density at radius 3 is 2.00 bits per heavy atom. The van der Waals surface area contributed by atoms with Crippen LogP contribution in [0.3, 0.4) is 0 Å². The Balaban J connectivity index is 0.00000169. The fourth-order valence-corrected chi connectivity index (χ4v) is 1.14. The quantitative estimate of drug-likeness (QED) is 0.410. The number of aromatic carboxylic acids is 1. The minimum Gasteiger partial charge on any atom is -1.00 e. The van der Waals surface area contributed by atoms with E-state index in [1.165, 1.54) is 0 Å². The lowest BCUT2D eigenvalue weighted by atomic mass is 10.3. The summed E-state index contributed by atoms with van der Waals surface area (Å²) in [6.45, 7) is 0. The van der Waals surface area contributed by atoms with Gasteiger partial charge in [-0.1, -0.05) is 3.97 Å². The van der Waals surface area contributed by atoms with Crippen LogP contribution in [0.15, 0.2) is 24.5 Å². The second-order valence-electron chi connectivity index (χ2n) is 2.20. The first-order valence-electron chi connectivity index (χ1n) is 3.14.